The Labute approximate surface area is 106 Å². The Bertz CT molecular complexity index is 580. The summed E-state index contributed by atoms with van der Waals surface area (Å²) in [7, 11) is 4.68. The first-order valence-electron chi connectivity index (χ1n) is 5.55. The molecule has 0 atom stereocenters. The van der Waals surface area contributed by atoms with Crippen LogP contribution in [0.1, 0.15) is 0 Å². The van der Waals surface area contributed by atoms with Crippen LogP contribution in [0.2, 0.25) is 0 Å². The molecule has 18 heavy (non-hydrogen) atoms. The minimum Gasteiger partial charge on any atom is -0.497 e. The van der Waals surface area contributed by atoms with Crippen molar-refractivity contribution < 1.29 is 14.3 Å². The maximum Gasteiger partial charge on any atom is 0.413 e. The lowest BCUT2D eigenvalue weighted by Gasteiger charge is -2.16. The zero-order valence-corrected chi connectivity index (χ0v) is 10.6. The predicted molar refractivity (Wildman–Crippen MR) is 71.3 cm³/mol. The van der Waals surface area contributed by atoms with Crippen LogP contribution in [0.4, 0.5) is 10.5 Å². The fourth-order valence-corrected chi connectivity index (χ4v) is 1.79. The largest absolute Gasteiger partial charge is 0.497 e. The molecule has 0 aromatic heterocycles. The third-order valence-corrected chi connectivity index (χ3v) is 2.87. The molecule has 1 amide bonds. The van der Waals surface area contributed by atoms with Gasteiger partial charge < -0.3 is 9.47 Å². The fraction of sp³-hybridized carbons (Fsp3) is 0.214. The summed E-state index contributed by atoms with van der Waals surface area (Å²) in [5.41, 5.74) is 0.791. The minimum atomic E-state index is -0.386. The van der Waals surface area contributed by atoms with Gasteiger partial charge in [0.25, 0.3) is 0 Å². The van der Waals surface area contributed by atoms with Gasteiger partial charge in [0.2, 0.25) is 0 Å². The molecule has 0 saturated carbocycles. The number of methoxy groups -OCH3 is 2. The molecule has 0 bridgehead atoms. The lowest BCUT2D eigenvalue weighted by Crippen LogP contribution is -2.25. The van der Waals surface area contributed by atoms with Crippen molar-refractivity contribution in [2.24, 2.45) is 0 Å². The van der Waals surface area contributed by atoms with Gasteiger partial charge >= 0.3 is 6.09 Å². The van der Waals surface area contributed by atoms with E-state index in [0.29, 0.717) is 0 Å². The Kier molecular flexibility index (Phi) is 3.37. The van der Waals surface area contributed by atoms with Gasteiger partial charge in [-0.25, -0.2) is 4.79 Å². The van der Waals surface area contributed by atoms with E-state index in [-0.39, 0.29) is 6.09 Å². The Morgan fingerprint density at radius 1 is 1.06 bits per heavy atom. The molecule has 94 valence electrons. The van der Waals surface area contributed by atoms with Crippen LogP contribution >= 0.6 is 0 Å². The second kappa shape index (κ2) is 4.96. The normalized spacial score (nSPS) is 10.2. The van der Waals surface area contributed by atoms with Gasteiger partial charge in [0.15, 0.2) is 0 Å². The maximum absolute atomic E-state index is 11.4. The van der Waals surface area contributed by atoms with Crippen molar-refractivity contribution >= 4 is 22.6 Å². The number of benzene rings is 2. The second-order valence-corrected chi connectivity index (χ2v) is 3.93. The summed E-state index contributed by atoms with van der Waals surface area (Å²) in [5, 5.41) is 2.11. The molecule has 2 aromatic rings. The highest BCUT2D eigenvalue weighted by Crippen LogP contribution is 2.25. The molecule has 0 N–H and O–H groups in total. The number of anilines is 1. The van der Waals surface area contributed by atoms with Gasteiger partial charge in [-0.15, -0.1) is 0 Å². The first kappa shape index (κ1) is 12.2. The summed E-state index contributed by atoms with van der Waals surface area (Å²) in [6.07, 6.45) is -0.386. The van der Waals surface area contributed by atoms with Crippen LogP contribution in [-0.4, -0.2) is 27.4 Å². The van der Waals surface area contributed by atoms with Gasteiger partial charge in [-0.1, -0.05) is 12.1 Å². The average molecular weight is 245 g/mol. The Hall–Kier alpha value is -2.23. The maximum atomic E-state index is 11.4. The van der Waals surface area contributed by atoms with E-state index in [1.165, 1.54) is 12.0 Å². The highest BCUT2D eigenvalue weighted by atomic mass is 16.5. The summed E-state index contributed by atoms with van der Waals surface area (Å²) < 4.78 is 9.85. The summed E-state index contributed by atoms with van der Waals surface area (Å²) in [6, 6.07) is 11.6. The molecule has 4 heteroatoms. The number of carbonyl (C=O) groups excluding carboxylic acids is 1. The van der Waals surface area contributed by atoms with Gasteiger partial charge in [-0.3, -0.25) is 4.90 Å². The van der Waals surface area contributed by atoms with Crippen molar-refractivity contribution in [1.29, 1.82) is 0 Å². The zero-order valence-electron chi connectivity index (χ0n) is 10.6. The summed E-state index contributed by atoms with van der Waals surface area (Å²) >= 11 is 0. The quantitative estimate of drug-likeness (QED) is 0.816. The van der Waals surface area contributed by atoms with Crippen LogP contribution in [0.25, 0.3) is 10.8 Å². The lowest BCUT2D eigenvalue weighted by molar-refractivity contribution is 0.180. The lowest BCUT2D eigenvalue weighted by atomic mass is 10.1. The van der Waals surface area contributed by atoms with Crippen molar-refractivity contribution in [2.45, 2.75) is 0 Å². The predicted octanol–water partition coefficient (Wildman–Crippen LogP) is 3.05. The first-order valence-corrected chi connectivity index (χ1v) is 5.55. The fourth-order valence-electron chi connectivity index (χ4n) is 1.79. The monoisotopic (exact) mass is 245 g/mol. The number of carbonyl (C=O) groups is 1. The Balaban J connectivity index is 2.42. The number of rotatable bonds is 2. The molecule has 2 aromatic carbocycles. The van der Waals surface area contributed by atoms with E-state index in [4.69, 9.17) is 4.74 Å². The van der Waals surface area contributed by atoms with Crippen molar-refractivity contribution in [1.82, 2.24) is 0 Å². The van der Waals surface area contributed by atoms with Crippen LogP contribution in [0.15, 0.2) is 36.4 Å². The number of hydrogen-bond donors (Lipinski definition) is 0. The van der Waals surface area contributed by atoms with E-state index in [1.54, 1.807) is 14.2 Å². The second-order valence-electron chi connectivity index (χ2n) is 3.93. The van der Waals surface area contributed by atoms with Crippen LogP contribution in [0, 0.1) is 0 Å². The molecule has 0 heterocycles. The minimum absolute atomic E-state index is 0.386. The van der Waals surface area contributed by atoms with Gasteiger partial charge in [-0.05, 0) is 35.0 Å². The van der Waals surface area contributed by atoms with Crippen LogP contribution in [0.5, 0.6) is 5.75 Å². The number of nitrogens with zero attached hydrogens (tertiary/aromatic N) is 1. The zero-order chi connectivity index (χ0) is 13.1. The number of hydrogen-bond acceptors (Lipinski definition) is 3. The third-order valence-electron chi connectivity index (χ3n) is 2.87. The first-order chi connectivity index (χ1) is 8.65. The molecule has 0 aliphatic rings. The van der Waals surface area contributed by atoms with Crippen LogP contribution in [0.3, 0.4) is 0 Å². The molecule has 0 unspecified atom stereocenters. The number of ether oxygens (including phenoxy) is 2. The van der Waals surface area contributed by atoms with E-state index in [2.05, 4.69) is 4.74 Å². The molecular weight excluding hydrogens is 230 g/mol. The van der Waals surface area contributed by atoms with Crippen molar-refractivity contribution in [3.63, 3.8) is 0 Å². The molecule has 0 fully saturated rings. The molecule has 0 spiro atoms. The van der Waals surface area contributed by atoms with E-state index < -0.39 is 0 Å². The van der Waals surface area contributed by atoms with Crippen LogP contribution in [-0.2, 0) is 4.74 Å². The average Bonchev–Trinajstić information content (AvgIpc) is 2.44. The summed E-state index contributed by atoms with van der Waals surface area (Å²) in [4.78, 5) is 12.9. The molecule has 0 radical (unpaired) electrons. The molecule has 0 saturated heterocycles. The van der Waals surface area contributed by atoms with Gasteiger partial charge in [0, 0.05) is 12.7 Å². The third kappa shape index (κ3) is 2.22. The van der Waals surface area contributed by atoms with Crippen molar-refractivity contribution in [2.75, 3.05) is 26.2 Å². The van der Waals surface area contributed by atoms with Crippen molar-refractivity contribution in [3.8, 4) is 5.75 Å². The molecule has 0 aliphatic heterocycles. The van der Waals surface area contributed by atoms with E-state index in [1.807, 2.05) is 36.4 Å². The van der Waals surface area contributed by atoms with Gasteiger partial charge in [0.1, 0.15) is 5.75 Å². The topological polar surface area (TPSA) is 38.8 Å². The SMILES string of the molecule is COC(=O)N(C)c1ccc2cc(OC)ccc2c1. The van der Waals surface area contributed by atoms with Gasteiger partial charge in [0.05, 0.1) is 14.2 Å². The molecular formula is C14H15NO3. The Morgan fingerprint density at radius 3 is 2.39 bits per heavy atom. The molecule has 4 nitrogen and oxygen atoms in total. The van der Waals surface area contributed by atoms with E-state index >= 15 is 0 Å². The van der Waals surface area contributed by atoms with Crippen LogP contribution < -0.4 is 9.64 Å². The highest BCUT2D eigenvalue weighted by molar-refractivity contribution is 5.92. The number of fused-ring (bicyclic) bond motifs is 1. The summed E-state index contributed by atoms with van der Waals surface area (Å²) in [5.74, 6) is 0.816. The Morgan fingerprint density at radius 2 is 1.72 bits per heavy atom. The molecule has 0 aliphatic carbocycles. The summed E-state index contributed by atoms with van der Waals surface area (Å²) in [6.45, 7) is 0. The smallest absolute Gasteiger partial charge is 0.413 e. The highest BCUT2D eigenvalue weighted by Gasteiger charge is 2.10. The van der Waals surface area contributed by atoms with E-state index in [0.717, 1.165) is 22.2 Å². The number of amides is 1. The molecule has 2 rings (SSSR count). The van der Waals surface area contributed by atoms with Gasteiger partial charge in [-0.2, -0.15) is 0 Å². The standard InChI is InChI=1S/C14H15NO3/c1-15(14(16)18-3)12-6-4-11-9-13(17-2)7-5-10(11)8-12/h4-9H,1-3H3. The van der Waals surface area contributed by atoms with Crippen molar-refractivity contribution in [3.05, 3.63) is 36.4 Å². The van der Waals surface area contributed by atoms with E-state index in [9.17, 15) is 4.79 Å².